The molecule has 92 valence electrons. The zero-order valence-electron chi connectivity index (χ0n) is 9.94. The molecule has 0 radical (unpaired) electrons. The third kappa shape index (κ3) is 3.67. The van der Waals surface area contributed by atoms with Gasteiger partial charge in [-0.1, -0.05) is 6.08 Å². The third-order valence-electron chi connectivity index (χ3n) is 1.85. The number of thiazole rings is 1. The zero-order chi connectivity index (χ0) is 12.8. The summed E-state index contributed by atoms with van der Waals surface area (Å²) in [7, 11) is 0. The Bertz CT molecular complexity index is 451. The van der Waals surface area contributed by atoms with Crippen LogP contribution in [0.5, 0.6) is 0 Å². The number of carbonyl (C=O) groups is 2. The number of rotatable bonds is 4. The Hall–Kier alpha value is -1.69. The van der Waals surface area contributed by atoms with Gasteiger partial charge < -0.3 is 10.1 Å². The van der Waals surface area contributed by atoms with Gasteiger partial charge in [0.05, 0.1) is 17.9 Å². The summed E-state index contributed by atoms with van der Waals surface area (Å²) in [5, 5.41) is 4.74. The maximum Gasteiger partial charge on any atom is 0.340 e. The van der Waals surface area contributed by atoms with E-state index in [9.17, 15) is 9.59 Å². The lowest BCUT2D eigenvalue weighted by molar-refractivity contribution is -0.136. The topological polar surface area (TPSA) is 68.3 Å². The molecule has 0 saturated heterocycles. The number of aromatic nitrogens is 1. The zero-order valence-corrected chi connectivity index (χ0v) is 10.8. The van der Waals surface area contributed by atoms with E-state index in [1.807, 2.05) is 0 Å². The Labute approximate surface area is 104 Å². The lowest BCUT2D eigenvalue weighted by Gasteiger charge is -2.02. The van der Waals surface area contributed by atoms with Gasteiger partial charge in [0.1, 0.15) is 0 Å². The van der Waals surface area contributed by atoms with Gasteiger partial charge in [0.25, 0.3) is 0 Å². The van der Waals surface area contributed by atoms with Gasteiger partial charge in [0.2, 0.25) is 5.91 Å². The van der Waals surface area contributed by atoms with E-state index in [1.54, 1.807) is 25.3 Å². The molecule has 0 atom stereocenters. The number of hydrogen-bond acceptors (Lipinski definition) is 5. The maximum absolute atomic E-state index is 11.6. The van der Waals surface area contributed by atoms with Gasteiger partial charge in [-0.2, -0.15) is 0 Å². The first-order valence-electron chi connectivity index (χ1n) is 5.15. The van der Waals surface area contributed by atoms with Crippen molar-refractivity contribution in [3.8, 4) is 0 Å². The number of hydrogen-bond donors (Lipinski definition) is 1. The standard InChI is InChI=1S/C11H14N2O3S/c1-4-8(10(15)16-5-2)9-6-17-11(13-9)12-7(3)14/h4,6H,5H2,1-3H3,(H,12,13,14)/b8-4+. The molecule has 6 heteroatoms. The van der Waals surface area contributed by atoms with E-state index in [0.717, 1.165) is 0 Å². The van der Waals surface area contributed by atoms with Crippen molar-refractivity contribution in [1.29, 1.82) is 0 Å². The molecule has 5 nitrogen and oxygen atoms in total. The summed E-state index contributed by atoms with van der Waals surface area (Å²) >= 11 is 1.27. The van der Waals surface area contributed by atoms with E-state index in [0.29, 0.717) is 23.0 Å². The second kappa shape index (κ2) is 6.15. The van der Waals surface area contributed by atoms with Crippen molar-refractivity contribution < 1.29 is 14.3 Å². The SMILES string of the molecule is C/C=C(/C(=O)OCC)c1csc(NC(C)=O)n1. The molecule has 0 bridgehead atoms. The Morgan fingerprint density at radius 1 is 1.59 bits per heavy atom. The minimum absolute atomic E-state index is 0.191. The van der Waals surface area contributed by atoms with Crippen molar-refractivity contribution in [2.24, 2.45) is 0 Å². The average Bonchev–Trinajstić information content (AvgIpc) is 2.67. The molecule has 0 spiro atoms. The summed E-state index contributed by atoms with van der Waals surface area (Å²) in [6, 6.07) is 0. The van der Waals surface area contributed by atoms with Crippen LogP contribution in [0.25, 0.3) is 5.57 Å². The van der Waals surface area contributed by atoms with Crippen LogP contribution in [0.3, 0.4) is 0 Å². The third-order valence-corrected chi connectivity index (χ3v) is 2.60. The van der Waals surface area contributed by atoms with E-state index in [4.69, 9.17) is 4.74 Å². The number of carbonyl (C=O) groups excluding carboxylic acids is 2. The van der Waals surface area contributed by atoms with Crippen LogP contribution in [0, 0.1) is 0 Å². The molecule has 0 unspecified atom stereocenters. The fourth-order valence-corrected chi connectivity index (χ4v) is 1.94. The van der Waals surface area contributed by atoms with Gasteiger partial charge in [-0.3, -0.25) is 4.79 Å². The predicted molar refractivity (Wildman–Crippen MR) is 66.7 cm³/mol. The van der Waals surface area contributed by atoms with Gasteiger partial charge >= 0.3 is 5.97 Å². The highest BCUT2D eigenvalue weighted by atomic mass is 32.1. The molecular weight excluding hydrogens is 240 g/mol. The Morgan fingerprint density at radius 2 is 2.29 bits per heavy atom. The minimum Gasteiger partial charge on any atom is -0.462 e. The fourth-order valence-electron chi connectivity index (χ4n) is 1.18. The average molecular weight is 254 g/mol. The Morgan fingerprint density at radius 3 is 2.82 bits per heavy atom. The molecule has 17 heavy (non-hydrogen) atoms. The monoisotopic (exact) mass is 254 g/mol. The van der Waals surface area contributed by atoms with Crippen LogP contribution in [-0.2, 0) is 14.3 Å². The highest BCUT2D eigenvalue weighted by Gasteiger charge is 2.15. The van der Waals surface area contributed by atoms with Crippen molar-refractivity contribution >= 4 is 33.9 Å². The first-order chi connectivity index (χ1) is 8.08. The molecule has 1 rings (SSSR count). The number of nitrogens with zero attached hydrogens (tertiary/aromatic N) is 1. The summed E-state index contributed by atoms with van der Waals surface area (Å²) in [6.45, 7) is 5.21. The number of anilines is 1. The largest absolute Gasteiger partial charge is 0.462 e. The van der Waals surface area contributed by atoms with Gasteiger partial charge in [0.15, 0.2) is 5.13 Å². The summed E-state index contributed by atoms with van der Waals surface area (Å²) in [5.41, 5.74) is 0.916. The number of allylic oxidation sites excluding steroid dienone is 1. The minimum atomic E-state index is -0.408. The molecule has 0 aliphatic rings. The van der Waals surface area contributed by atoms with E-state index in [1.165, 1.54) is 18.3 Å². The van der Waals surface area contributed by atoms with E-state index in [-0.39, 0.29) is 5.91 Å². The van der Waals surface area contributed by atoms with Gasteiger partial charge in [-0.25, -0.2) is 9.78 Å². The van der Waals surface area contributed by atoms with Crippen molar-refractivity contribution in [2.75, 3.05) is 11.9 Å². The molecule has 0 saturated carbocycles. The van der Waals surface area contributed by atoms with Crippen molar-refractivity contribution in [3.05, 3.63) is 17.2 Å². The van der Waals surface area contributed by atoms with E-state index >= 15 is 0 Å². The van der Waals surface area contributed by atoms with Crippen LogP contribution in [0.2, 0.25) is 0 Å². The Kier molecular flexibility index (Phi) is 4.84. The molecule has 1 aromatic heterocycles. The first-order valence-corrected chi connectivity index (χ1v) is 6.03. The molecule has 0 aromatic carbocycles. The molecule has 0 aliphatic carbocycles. The highest BCUT2D eigenvalue weighted by Crippen LogP contribution is 2.22. The Balaban J connectivity index is 2.87. The lowest BCUT2D eigenvalue weighted by atomic mass is 10.2. The van der Waals surface area contributed by atoms with Crippen LogP contribution >= 0.6 is 11.3 Å². The summed E-state index contributed by atoms with van der Waals surface area (Å²) in [6.07, 6.45) is 1.64. The molecule has 1 aromatic rings. The molecular formula is C11H14N2O3S. The summed E-state index contributed by atoms with van der Waals surface area (Å²) in [5.74, 6) is -0.598. The summed E-state index contributed by atoms with van der Waals surface area (Å²) in [4.78, 5) is 26.6. The number of esters is 1. The smallest absolute Gasteiger partial charge is 0.340 e. The maximum atomic E-state index is 11.6. The first kappa shape index (κ1) is 13.4. The van der Waals surface area contributed by atoms with Gasteiger partial charge in [-0.15, -0.1) is 11.3 Å². The molecule has 1 heterocycles. The van der Waals surface area contributed by atoms with Crippen molar-refractivity contribution in [2.45, 2.75) is 20.8 Å². The van der Waals surface area contributed by atoms with Crippen LogP contribution in [0.4, 0.5) is 5.13 Å². The van der Waals surface area contributed by atoms with Crippen LogP contribution < -0.4 is 5.32 Å². The summed E-state index contributed by atoms with van der Waals surface area (Å²) < 4.78 is 4.91. The molecule has 1 amide bonds. The normalized spacial score (nSPS) is 11.1. The highest BCUT2D eigenvalue weighted by molar-refractivity contribution is 7.14. The van der Waals surface area contributed by atoms with Crippen molar-refractivity contribution in [1.82, 2.24) is 4.98 Å². The number of nitrogens with one attached hydrogen (secondary N) is 1. The second-order valence-corrected chi connectivity index (χ2v) is 4.00. The van der Waals surface area contributed by atoms with Gasteiger partial charge in [0, 0.05) is 12.3 Å². The van der Waals surface area contributed by atoms with Gasteiger partial charge in [-0.05, 0) is 13.8 Å². The van der Waals surface area contributed by atoms with E-state index in [2.05, 4.69) is 10.3 Å². The van der Waals surface area contributed by atoms with Crippen LogP contribution in [0.15, 0.2) is 11.5 Å². The van der Waals surface area contributed by atoms with Crippen LogP contribution in [-0.4, -0.2) is 23.5 Å². The lowest BCUT2D eigenvalue weighted by Crippen LogP contribution is -2.08. The fraction of sp³-hybridized carbons (Fsp3) is 0.364. The molecule has 0 fully saturated rings. The second-order valence-electron chi connectivity index (χ2n) is 3.14. The number of amides is 1. The molecule has 0 aliphatic heterocycles. The number of ether oxygens (including phenoxy) is 1. The predicted octanol–water partition coefficient (Wildman–Crippen LogP) is 2.07. The quantitative estimate of drug-likeness (QED) is 0.659. The molecule has 1 N–H and O–H groups in total. The van der Waals surface area contributed by atoms with E-state index < -0.39 is 5.97 Å². The van der Waals surface area contributed by atoms with Crippen LogP contribution in [0.1, 0.15) is 26.5 Å². The van der Waals surface area contributed by atoms with Crippen molar-refractivity contribution in [3.63, 3.8) is 0 Å².